The van der Waals surface area contributed by atoms with Crippen molar-refractivity contribution in [3.05, 3.63) is 0 Å². The second-order valence-electron chi connectivity index (χ2n) is 4.60. The molecule has 3 N–H and O–H groups in total. The largest absolute Gasteiger partial charge is 0.353 e. The minimum Gasteiger partial charge on any atom is -0.353 e. The molecule has 0 spiro atoms. The molecule has 94 valence electrons. The Kier molecular flexibility index (Phi) is 3.31. The fourth-order valence-corrected chi connectivity index (χ4v) is 1.97. The van der Waals surface area contributed by atoms with Gasteiger partial charge < -0.3 is 10.2 Å². The highest BCUT2D eigenvalue weighted by atomic mass is 16.2. The molecule has 0 bridgehead atoms. The molecular formula is C11H18N4O2. The van der Waals surface area contributed by atoms with Crippen LogP contribution in [-0.2, 0) is 4.79 Å². The molecule has 1 saturated carbocycles. The summed E-state index contributed by atoms with van der Waals surface area (Å²) in [6, 6.07) is -0.358. The van der Waals surface area contributed by atoms with Crippen LogP contribution in [0.25, 0.3) is 0 Å². The van der Waals surface area contributed by atoms with Gasteiger partial charge in [0, 0.05) is 12.6 Å². The first-order chi connectivity index (χ1) is 8.11. The highest BCUT2D eigenvalue weighted by Crippen LogP contribution is 2.20. The maximum absolute atomic E-state index is 11.7. The van der Waals surface area contributed by atoms with Gasteiger partial charge in [-0.25, -0.2) is 4.79 Å². The Hall–Kier alpha value is -1.59. The number of carbonyl (C=O) groups excluding carboxylic acids is 2. The number of rotatable bonds is 5. The molecule has 1 heterocycles. The van der Waals surface area contributed by atoms with Crippen LogP contribution in [0.2, 0.25) is 0 Å². The Labute approximate surface area is 100 Å². The van der Waals surface area contributed by atoms with Gasteiger partial charge in [-0.3, -0.25) is 15.5 Å². The molecule has 2 rings (SSSR count). The van der Waals surface area contributed by atoms with Crippen molar-refractivity contribution >= 4 is 17.8 Å². The average Bonchev–Trinajstić information content (AvgIpc) is 3.02. The molecule has 1 saturated heterocycles. The Morgan fingerprint density at radius 2 is 2.29 bits per heavy atom. The van der Waals surface area contributed by atoms with Gasteiger partial charge in [-0.2, -0.15) is 0 Å². The van der Waals surface area contributed by atoms with Crippen molar-refractivity contribution in [1.82, 2.24) is 15.5 Å². The smallest absolute Gasteiger partial charge is 0.323 e. The van der Waals surface area contributed by atoms with E-state index in [-0.39, 0.29) is 24.2 Å². The lowest BCUT2D eigenvalue weighted by molar-refractivity contribution is -0.121. The molecular weight excluding hydrogens is 220 g/mol. The molecule has 3 amide bonds. The van der Waals surface area contributed by atoms with Gasteiger partial charge in [0.15, 0.2) is 0 Å². The number of hydrogen-bond donors (Lipinski definition) is 3. The average molecular weight is 238 g/mol. The molecule has 0 aromatic carbocycles. The summed E-state index contributed by atoms with van der Waals surface area (Å²) in [5, 5.41) is 13.0. The van der Waals surface area contributed by atoms with Crippen LogP contribution in [0.1, 0.15) is 32.6 Å². The lowest BCUT2D eigenvalue weighted by Gasteiger charge is -2.21. The van der Waals surface area contributed by atoms with Crippen LogP contribution in [0.3, 0.4) is 0 Å². The number of urea groups is 1. The molecule has 1 aliphatic carbocycles. The number of nitrogens with one attached hydrogen (secondary N) is 3. The highest BCUT2D eigenvalue weighted by Gasteiger charge is 2.37. The standard InChI is InChI=1S/C11H18N4O2/c1-2-5-15-8(10(12)14-11(15)17)6-9(16)13-7-3-4-7/h7-8H,2-6H2,1H3,(H,13,16)(H2,12,14,17). The van der Waals surface area contributed by atoms with Crippen molar-refractivity contribution in [2.75, 3.05) is 6.54 Å². The van der Waals surface area contributed by atoms with Crippen LogP contribution in [0, 0.1) is 5.41 Å². The van der Waals surface area contributed by atoms with Crippen molar-refractivity contribution < 1.29 is 9.59 Å². The maximum atomic E-state index is 11.7. The quantitative estimate of drug-likeness (QED) is 0.649. The molecule has 6 nitrogen and oxygen atoms in total. The van der Waals surface area contributed by atoms with Crippen LogP contribution in [-0.4, -0.2) is 41.3 Å². The normalized spacial score (nSPS) is 23.8. The van der Waals surface area contributed by atoms with E-state index >= 15 is 0 Å². The summed E-state index contributed by atoms with van der Waals surface area (Å²) in [5.41, 5.74) is 0. The number of carbonyl (C=O) groups is 2. The van der Waals surface area contributed by atoms with Crippen LogP contribution in [0.4, 0.5) is 4.79 Å². The summed E-state index contributed by atoms with van der Waals surface area (Å²) >= 11 is 0. The molecule has 2 fully saturated rings. The van der Waals surface area contributed by atoms with Gasteiger partial charge in [-0.15, -0.1) is 0 Å². The van der Waals surface area contributed by atoms with Gasteiger partial charge in [0.2, 0.25) is 5.91 Å². The molecule has 1 aliphatic heterocycles. The molecule has 1 unspecified atom stereocenters. The fourth-order valence-electron chi connectivity index (χ4n) is 1.97. The third-order valence-electron chi connectivity index (χ3n) is 3.00. The van der Waals surface area contributed by atoms with Gasteiger partial charge in [-0.05, 0) is 19.3 Å². The first-order valence-corrected chi connectivity index (χ1v) is 6.07. The number of amides is 3. The summed E-state index contributed by atoms with van der Waals surface area (Å²) in [7, 11) is 0. The fraction of sp³-hybridized carbons (Fsp3) is 0.727. The van der Waals surface area contributed by atoms with Crippen LogP contribution in [0.5, 0.6) is 0 Å². The molecule has 2 aliphatic rings. The van der Waals surface area contributed by atoms with Crippen molar-refractivity contribution in [2.45, 2.75) is 44.7 Å². The Balaban J connectivity index is 1.93. The highest BCUT2D eigenvalue weighted by molar-refractivity contribution is 6.07. The van der Waals surface area contributed by atoms with Gasteiger partial charge in [-0.1, -0.05) is 6.92 Å². The summed E-state index contributed by atoms with van der Waals surface area (Å²) in [6.45, 7) is 2.55. The zero-order valence-corrected chi connectivity index (χ0v) is 9.95. The molecule has 1 atom stereocenters. The molecule has 17 heavy (non-hydrogen) atoms. The summed E-state index contributed by atoms with van der Waals surface area (Å²) in [6.07, 6.45) is 3.10. The monoisotopic (exact) mass is 238 g/mol. The molecule has 0 aromatic heterocycles. The maximum Gasteiger partial charge on any atom is 0.323 e. The zero-order valence-electron chi connectivity index (χ0n) is 9.95. The third-order valence-corrected chi connectivity index (χ3v) is 3.00. The Morgan fingerprint density at radius 1 is 1.59 bits per heavy atom. The molecule has 6 heteroatoms. The Bertz CT molecular complexity index is 351. The van der Waals surface area contributed by atoms with E-state index < -0.39 is 6.04 Å². The van der Waals surface area contributed by atoms with Gasteiger partial charge in [0.1, 0.15) is 5.84 Å². The van der Waals surface area contributed by atoms with E-state index in [0.717, 1.165) is 19.3 Å². The van der Waals surface area contributed by atoms with E-state index in [4.69, 9.17) is 5.41 Å². The van der Waals surface area contributed by atoms with E-state index in [0.29, 0.717) is 12.6 Å². The summed E-state index contributed by atoms with van der Waals surface area (Å²) in [5.74, 6) is 0.0641. The molecule has 0 aromatic rings. The van der Waals surface area contributed by atoms with E-state index in [1.807, 2.05) is 6.92 Å². The third kappa shape index (κ3) is 2.75. The number of hydrogen-bond acceptors (Lipinski definition) is 3. The summed E-state index contributed by atoms with van der Waals surface area (Å²) in [4.78, 5) is 24.8. The first kappa shape index (κ1) is 11.9. The van der Waals surface area contributed by atoms with E-state index in [1.54, 1.807) is 4.90 Å². The predicted molar refractivity (Wildman–Crippen MR) is 62.8 cm³/mol. The Morgan fingerprint density at radius 3 is 2.88 bits per heavy atom. The summed E-state index contributed by atoms with van der Waals surface area (Å²) < 4.78 is 0. The zero-order chi connectivity index (χ0) is 12.4. The lowest BCUT2D eigenvalue weighted by atomic mass is 10.1. The first-order valence-electron chi connectivity index (χ1n) is 6.07. The second kappa shape index (κ2) is 4.73. The van der Waals surface area contributed by atoms with Crippen molar-refractivity contribution in [1.29, 1.82) is 5.41 Å². The van der Waals surface area contributed by atoms with Crippen molar-refractivity contribution in [3.63, 3.8) is 0 Å². The predicted octanol–water partition coefficient (Wildman–Crippen LogP) is 0.436. The van der Waals surface area contributed by atoms with Crippen LogP contribution < -0.4 is 10.6 Å². The van der Waals surface area contributed by atoms with E-state index in [2.05, 4.69) is 10.6 Å². The molecule has 0 radical (unpaired) electrons. The number of nitrogens with zero attached hydrogens (tertiary/aromatic N) is 1. The van der Waals surface area contributed by atoms with Crippen LogP contribution >= 0.6 is 0 Å². The van der Waals surface area contributed by atoms with E-state index in [9.17, 15) is 9.59 Å². The second-order valence-corrected chi connectivity index (χ2v) is 4.60. The SMILES string of the molecule is CCCN1C(=O)NC(=N)C1CC(=O)NC1CC1. The van der Waals surface area contributed by atoms with Crippen LogP contribution in [0.15, 0.2) is 0 Å². The van der Waals surface area contributed by atoms with Crippen molar-refractivity contribution in [2.24, 2.45) is 0 Å². The van der Waals surface area contributed by atoms with Gasteiger partial charge >= 0.3 is 6.03 Å². The minimum absolute atomic E-state index is 0.0696. The van der Waals surface area contributed by atoms with E-state index in [1.165, 1.54) is 0 Å². The number of amidine groups is 1. The topological polar surface area (TPSA) is 85.3 Å². The van der Waals surface area contributed by atoms with Crippen molar-refractivity contribution in [3.8, 4) is 0 Å². The minimum atomic E-state index is -0.416. The lowest BCUT2D eigenvalue weighted by Crippen LogP contribution is -2.40. The van der Waals surface area contributed by atoms with Gasteiger partial charge in [0.25, 0.3) is 0 Å². The van der Waals surface area contributed by atoms with Gasteiger partial charge in [0.05, 0.1) is 12.5 Å².